The Morgan fingerprint density at radius 1 is 1.16 bits per heavy atom. The normalized spacial score (nSPS) is 31.9. The molecule has 55 heavy (non-hydrogen) atoms. The van der Waals surface area contributed by atoms with Crippen LogP contribution in [-0.4, -0.2) is 115 Å². The van der Waals surface area contributed by atoms with E-state index in [2.05, 4.69) is 48.3 Å². The minimum absolute atomic E-state index is 0.0277. The molecule has 12 nitrogen and oxygen atoms in total. The number of hydrogen-bond donors (Lipinski definition) is 4. The Morgan fingerprint density at radius 3 is 2.56 bits per heavy atom. The highest BCUT2D eigenvalue weighted by Gasteiger charge is 2.54. The lowest BCUT2D eigenvalue weighted by Crippen LogP contribution is -2.52. The van der Waals surface area contributed by atoms with E-state index in [4.69, 9.17) is 23.7 Å². The predicted octanol–water partition coefficient (Wildman–Crippen LogP) is 4.79. The van der Waals surface area contributed by atoms with Gasteiger partial charge in [0.1, 0.15) is 23.9 Å². The lowest BCUT2D eigenvalue weighted by atomic mass is 9.87. The number of esters is 2. The zero-order valence-electron chi connectivity index (χ0n) is 34.1. The van der Waals surface area contributed by atoms with E-state index >= 15 is 0 Å². The molecule has 0 radical (unpaired) electrons. The lowest BCUT2D eigenvalue weighted by Gasteiger charge is -2.32. The molecule has 0 saturated carbocycles. The van der Waals surface area contributed by atoms with Crippen LogP contribution < -0.4 is 10.2 Å². The molecule has 0 aliphatic carbocycles. The maximum atomic E-state index is 13.0. The summed E-state index contributed by atoms with van der Waals surface area (Å²) in [5.74, 6) is -1.38. The van der Waals surface area contributed by atoms with Gasteiger partial charge in [-0.1, -0.05) is 57.2 Å². The zero-order valence-corrected chi connectivity index (χ0v) is 34.1. The number of hydrogen-bond acceptors (Lipinski definition) is 12. The molecular formula is C43H66N2O10. The molecule has 3 heterocycles. The third-order valence-electron chi connectivity index (χ3n) is 11.2. The Morgan fingerprint density at radius 2 is 1.89 bits per heavy atom. The highest BCUT2D eigenvalue weighted by atomic mass is 16.6. The van der Waals surface area contributed by atoms with Crippen molar-refractivity contribution in [3.63, 3.8) is 0 Å². The Hall–Kier alpha value is -3.10. The molecule has 2 saturated heterocycles. The summed E-state index contributed by atoms with van der Waals surface area (Å²) in [5.41, 5.74) is 0.133. The minimum Gasteiger partial charge on any atom is -0.457 e. The number of allylic oxidation sites excluding steroid dienone is 2. The van der Waals surface area contributed by atoms with Gasteiger partial charge in [0.2, 0.25) is 0 Å². The standard InChI is InChI=1S/C43H66N2O10/c1-9-35(51-8)30(4)39-40(55-39)41(44-27-32-14-16-33(17-15-32)45-22-11-24-52-25-23-45)43(7,50)20-10-12-28(2)38-29(3)13-18-36(53-31(5)46)42(6,49)21-19-34(47)26-37(48)54-38/h10,12-18,20,29-30,34-36,38-41,44,47,49-50H,9,11,19,21-27H2,1-8H3/b18-13+,20-10+,28-12+/t29-,30+,34+,35-,36-,38?,39+,40-,41?,42+,43?/m0/s1. The van der Waals surface area contributed by atoms with Gasteiger partial charge in [-0.25, -0.2) is 0 Å². The number of nitrogens with zero attached hydrogens (tertiary/aromatic N) is 1. The molecule has 12 heteroatoms. The predicted molar refractivity (Wildman–Crippen MR) is 211 cm³/mol. The quantitative estimate of drug-likeness (QED) is 0.0889. The third kappa shape index (κ3) is 13.0. The fraction of sp³-hybridized carbons (Fsp3) is 0.674. The first-order valence-electron chi connectivity index (χ1n) is 19.9. The molecule has 3 aliphatic heterocycles. The van der Waals surface area contributed by atoms with Crippen LogP contribution in [0.1, 0.15) is 86.1 Å². The van der Waals surface area contributed by atoms with Gasteiger partial charge < -0.3 is 49.2 Å². The molecule has 308 valence electrons. The van der Waals surface area contributed by atoms with E-state index in [0.29, 0.717) is 12.1 Å². The summed E-state index contributed by atoms with van der Waals surface area (Å²) in [6.07, 6.45) is 7.43. The number of anilines is 1. The molecule has 0 spiro atoms. The molecule has 2 fully saturated rings. The van der Waals surface area contributed by atoms with Gasteiger partial charge in [0.05, 0.1) is 43.0 Å². The summed E-state index contributed by atoms with van der Waals surface area (Å²) >= 11 is 0. The highest BCUT2D eigenvalue weighted by Crippen LogP contribution is 2.39. The van der Waals surface area contributed by atoms with Crippen molar-refractivity contribution in [1.82, 2.24) is 5.32 Å². The van der Waals surface area contributed by atoms with Crippen molar-refractivity contribution in [2.75, 3.05) is 38.3 Å². The number of aliphatic hydroxyl groups is 3. The first kappa shape index (κ1) is 44.6. The second kappa shape index (κ2) is 20.4. The molecule has 0 bridgehead atoms. The number of nitrogens with one attached hydrogen (secondary N) is 1. The number of ether oxygens (including phenoxy) is 5. The molecule has 3 unspecified atom stereocenters. The monoisotopic (exact) mass is 770 g/mol. The van der Waals surface area contributed by atoms with Crippen LogP contribution >= 0.6 is 0 Å². The van der Waals surface area contributed by atoms with Crippen molar-refractivity contribution in [2.24, 2.45) is 11.8 Å². The van der Waals surface area contributed by atoms with Crippen molar-refractivity contribution in [1.29, 1.82) is 0 Å². The molecule has 1 aromatic carbocycles. The van der Waals surface area contributed by atoms with E-state index in [1.54, 1.807) is 51.3 Å². The van der Waals surface area contributed by atoms with Gasteiger partial charge in [-0.15, -0.1) is 0 Å². The van der Waals surface area contributed by atoms with Crippen LogP contribution in [-0.2, 0) is 39.8 Å². The van der Waals surface area contributed by atoms with Gasteiger partial charge in [0, 0.05) is 57.8 Å². The largest absolute Gasteiger partial charge is 0.457 e. The number of aliphatic hydroxyl groups excluding tert-OH is 1. The lowest BCUT2D eigenvalue weighted by molar-refractivity contribution is -0.157. The second-order valence-corrected chi connectivity index (χ2v) is 16.0. The van der Waals surface area contributed by atoms with Gasteiger partial charge >= 0.3 is 11.9 Å². The maximum Gasteiger partial charge on any atom is 0.309 e. The number of carbonyl (C=O) groups is 2. The van der Waals surface area contributed by atoms with Gasteiger partial charge in [-0.2, -0.15) is 0 Å². The Kier molecular flexibility index (Phi) is 16.5. The topological polar surface area (TPSA) is 160 Å². The van der Waals surface area contributed by atoms with Gasteiger partial charge in [0.25, 0.3) is 0 Å². The number of cyclic esters (lactones) is 1. The summed E-state index contributed by atoms with van der Waals surface area (Å²) < 4.78 is 29.0. The Bertz CT molecular complexity index is 1460. The van der Waals surface area contributed by atoms with Crippen LogP contribution in [0.15, 0.2) is 60.2 Å². The molecule has 4 N–H and O–H groups in total. The molecule has 4 rings (SSSR count). The summed E-state index contributed by atoms with van der Waals surface area (Å²) in [4.78, 5) is 27.2. The Balaban J connectivity index is 1.55. The first-order valence-corrected chi connectivity index (χ1v) is 19.9. The second-order valence-electron chi connectivity index (χ2n) is 16.0. The number of carbonyl (C=O) groups excluding carboxylic acids is 2. The number of benzene rings is 1. The molecule has 0 amide bonds. The highest BCUT2D eigenvalue weighted by molar-refractivity contribution is 5.70. The van der Waals surface area contributed by atoms with Crippen molar-refractivity contribution in [3.05, 3.63) is 65.8 Å². The fourth-order valence-corrected chi connectivity index (χ4v) is 7.73. The van der Waals surface area contributed by atoms with Crippen LogP contribution in [0.2, 0.25) is 0 Å². The average molecular weight is 771 g/mol. The van der Waals surface area contributed by atoms with Crippen LogP contribution in [0.3, 0.4) is 0 Å². The maximum absolute atomic E-state index is 13.0. The summed E-state index contributed by atoms with van der Waals surface area (Å²) in [6.45, 7) is 16.3. The van der Waals surface area contributed by atoms with Gasteiger partial charge in [-0.3, -0.25) is 9.59 Å². The smallest absolute Gasteiger partial charge is 0.309 e. The van der Waals surface area contributed by atoms with Crippen molar-refractivity contribution < 1.29 is 48.6 Å². The Labute approximate surface area is 327 Å². The van der Waals surface area contributed by atoms with E-state index in [-0.39, 0.29) is 49.4 Å². The average Bonchev–Trinajstić information content (AvgIpc) is 3.96. The van der Waals surface area contributed by atoms with E-state index in [9.17, 15) is 24.9 Å². The summed E-state index contributed by atoms with van der Waals surface area (Å²) in [7, 11) is 1.72. The van der Waals surface area contributed by atoms with Crippen LogP contribution in [0.25, 0.3) is 0 Å². The van der Waals surface area contributed by atoms with Gasteiger partial charge in [-0.05, 0) is 75.8 Å². The zero-order chi connectivity index (χ0) is 40.3. The molecule has 11 atom stereocenters. The SMILES string of the molecule is CC[C@H](OC)[C@@H](C)[C@H]1O[C@@H]1C(NCc1ccc(N2CCCOCC2)cc1)C(C)(O)/C=C/C=C(\C)C1OC(=O)C[C@H](O)CC[C@@](C)(O)[C@@H](OC(C)=O)/C=C/[C@@H]1C. The van der Waals surface area contributed by atoms with Crippen molar-refractivity contribution in [3.8, 4) is 0 Å². The minimum atomic E-state index is -1.46. The molecule has 3 aliphatic rings. The fourth-order valence-electron chi connectivity index (χ4n) is 7.73. The summed E-state index contributed by atoms with van der Waals surface area (Å²) in [5, 5.41) is 37.4. The summed E-state index contributed by atoms with van der Waals surface area (Å²) in [6, 6.07) is 8.04. The van der Waals surface area contributed by atoms with E-state index in [1.807, 2.05) is 13.8 Å². The van der Waals surface area contributed by atoms with Crippen molar-refractivity contribution in [2.45, 2.75) is 141 Å². The first-order chi connectivity index (χ1) is 26.1. The van der Waals surface area contributed by atoms with Crippen LogP contribution in [0, 0.1) is 11.8 Å². The third-order valence-corrected chi connectivity index (χ3v) is 11.2. The number of methoxy groups -OCH3 is 1. The van der Waals surface area contributed by atoms with Crippen molar-refractivity contribution >= 4 is 17.6 Å². The van der Waals surface area contributed by atoms with Crippen LogP contribution in [0.5, 0.6) is 0 Å². The molecule has 1 aromatic rings. The van der Waals surface area contributed by atoms with E-state index < -0.39 is 47.5 Å². The number of epoxide rings is 1. The molecule has 0 aromatic heterocycles. The van der Waals surface area contributed by atoms with Crippen LogP contribution in [0.4, 0.5) is 5.69 Å². The molecular weight excluding hydrogens is 704 g/mol. The van der Waals surface area contributed by atoms with E-state index in [0.717, 1.165) is 50.4 Å². The van der Waals surface area contributed by atoms with Gasteiger partial charge in [0.15, 0.2) is 0 Å². The van der Waals surface area contributed by atoms with E-state index in [1.165, 1.54) is 6.92 Å². The number of rotatable bonds is 14.